The molecule has 2 aromatic rings. The second-order valence-electron chi connectivity index (χ2n) is 17.4. The Labute approximate surface area is 334 Å². The number of aromatic nitrogens is 1. The van der Waals surface area contributed by atoms with Gasteiger partial charge in [-0.2, -0.15) is 0 Å². The smallest absolute Gasteiger partial charge is 0.337 e. The van der Waals surface area contributed by atoms with Gasteiger partial charge in [-0.1, -0.05) is 32.4 Å². The number of aromatic carboxylic acids is 1. The van der Waals surface area contributed by atoms with Crippen LogP contribution in [0.5, 0.6) is 11.6 Å². The molecule has 2 saturated carbocycles. The number of sulfonamides is 1. The van der Waals surface area contributed by atoms with Crippen molar-refractivity contribution in [3.05, 3.63) is 42.1 Å². The van der Waals surface area contributed by atoms with Crippen LogP contribution < -0.4 is 14.2 Å². The van der Waals surface area contributed by atoms with Crippen LogP contribution in [-0.2, 0) is 33.9 Å². The molecule has 0 unspecified atom stereocenters. The van der Waals surface area contributed by atoms with Crippen molar-refractivity contribution in [1.29, 1.82) is 0 Å². The summed E-state index contributed by atoms with van der Waals surface area (Å²) >= 11 is 0. The van der Waals surface area contributed by atoms with Crippen LogP contribution >= 0.6 is 0 Å². The van der Waals surface area contributed by atoms with Gasteiger partial charge in [-0.15, -0.1) is 0 Å². The lowest BCUT2D eigenvalue weighted by Crippen LogP contribution is -2.48. The average Bonchev–Trinajstić information content (AvgIpc) is 4.07. The molecule has 2 aliphatic heterocycles. The highest BCUT2D eigenvalue weighted by molar-refractivity contribution is 7.90. The number of esters is 1. The third-order valence-electron chi connectivity index (χ3n) is 11.9. The minimum atomic E-state index is -3.89. The number of carboxylic acid groups (broad SMARTS) is 1. The Kier molecular flexibility index (Phi) is 12.1. The number of hydrogen-bond donors (Lipinski definition) is 2. The summed E-state index contributed by atoms with van der Waals surface area (Å²) in [4.78, 5) is 74.9. The maximum Gasteiger partial charge on any atom is 0.337 e. The molecule has 2 amide bonds. The molecule has 310 valence electrons. The van der Waals surface area contributed by atoms with Gasteiger partial charge in [0.25, 0.3) is 0 Å². The minimum absolute atomic E-state index is 0.0233. The number of hydrogen-bond acceptors (Lipinski definition) is 11. The number of nitrogens with one attached hydrogen (secondary N) is 1. The Hall–Kier alpha value is -4.53. The molecule has 1 aromatic carbocycles. The van der Waals surface area contributed by atoms with Gasteiger partial charge in [0.15, 0.2) is 5.78 Å². The van der Waals surface area contributed by atoms with Crippen LogP contribution in [0.2, 0.25) is 0 Å². The number of carboxylic acids is 1. The van der Waals surface area contributed by atoms with Crippen LogP contribution in [0.1, 0.15) is 109 Å². The maximum absolute atomic E-state index is 15.0. The molecular weight excluding hydrogens is 755 g/mol. The number of benzene rings is 1. The number of Topliss-reactive ketones (excluding diaryl/α,β-unsaturated/α-hetero) is 1. The fraction of sp³-hybridized carbons (Fsp3) is 0.619. The molecule has 14 nitrogen and oxygen atoms in total. The van der Waals surface area contributed by atoms with Crippen LogP contribution in [0.4, 0.5) is 0 Å². The van der Waals surface area contributed by atoms with Crippen molar-refractivity contribution >= 4 is 50.3 Å². The van der Waals surface area contributed by atoms with E-state index in [1.54, 1.807) is 39.0 Å². The number of amides is 2. The topological polar surface area (TPSA) is 196 Å². The summed E-state index contributed by atoms with van der Waals surface area (Å²) in [6.45, 7) is 9.32. The first-order chi connectivity index (χ1) is 26.9. The number of allylic oxidation sites excluding steroid dienone is 2. The SMILES string of the molecule is CC[C@@H]1C[C@H](C)CC/C=C\[C@@H]2C[C@@]2(C(=O)NS(=O)(=O)C2CC2)CC(=O)[C@@H]2C[C@@H](Oc3ncc(C(=O)O)c4cc(OC)ccc34)CN2C(=O)[C@H]1CC(=O)OC(C)(C)C. The van der Waals surface area contributed by atoms with E-state index in [4.69, 9.17) is 14.2 Å². The number of pyridine rings is 1. The summed E-state index contributed by atoms with van der Waals surface area (Å²) in [5, 5.41) is 9.98. The van der Waals surface area contributed by atoms with Crippen molar-refractivity contribution < 1.29 is 51.7 Å². The standard InChI is InChI=1S/C42H55N3O11S/c1-7-25-16-24(2)10-8-9-11-26-20-42(26,40(51)44-57(52,53)29-13-14-29)21-35(46)34-18-28(23-45(34)38(48)31(25)19-36(47)56-41(3,4)5)55-37-30-15-12-27(54-6)17-32(30)33(22-43-37)39(49)50/h9,11-12,15,17,22,24-26,28-29,31,34H,7-8,10,13-14,16,18-21,23H2,1-6H3,(H,44,51)(H,49,50)/b11-9-/t24-,25-,26-,28-,31+,34+,42-/m1/s1. The van der Waals surface area contributed by atoms with Gasteiger partial charge >= 0.3 is 11.9 Å². The third-order valence-corrected chi connectivity index (χ3v) is 13.7. The zero-order valence-electron chi connectivity index (χ0n) is 33.6. The van der Waals surface area contributed by atoms with Crippen molar-refractivity contribution in [1.82, 2.24) is 14.6 Å². The monoisotopic (exact) mass is 809 g/mol. The molecule has 3 heterocycles. The summed E-state index contributed by atoms with van der Waals surface area (Å²) in [6, 6.07) is 3.79. The number of carbonyl (C=O) groups excluding carboxylic acids is 4. The lowest BCUT2D eigenvalue weighted by atomic mass is 9.79. The Morgan fingerprint density at radius 3 is 2.47 bits per heavy atom. The van der Waals surface area contributed by atoms with E-state index in [1.807, 2.05) is 19.1 Å². The van der Waals surface area contributed by atoms with Crippen molar-refractivity contribution in [2.45, 2.75) is 122 Å². The van der Waals surface area contributed by atoms with Crippen LogP contribution in [0.15, 0.2) is 36.5 Å². The Balaban J connectivity index is 1.38. The lowest BCUT2D eigenvalue weighted by molar-refractivity contribution is -0.160. The first-order valence-corrected chi connectivity index (χ1v) is 21.5. The number of nitrogens with zero attached hydrogens (tertiary/aromatic N) is 2. The van der Waals surface area contributed by atoms with E-state index in [1.165, 1.54) is 18.2 Å². The molecule has 2 N–H and O–H groups in total. The van der Waals surface area contributed by atoms with E-state index in [2.05, 4.69) is 16.6 Å². The summed E-state index contributed by atoms with van der Waals surface area (Å²) in [5.41, 5.74) is -2.16. The number of rotatable bonds is 10. The van der Waals surface area contributed by atoms with Crippen LogP contribution in [-0.4, -0.2) is 89.6 Å². The van der Waals surface area contributed by atoms with Gasteiger partial charge < -0.3 is 24.2 Å². The van der Waals surface area contributed by atoms with Crippen molar-refractivity contribution in [2.24, 2.45) is 29.1 Å². The molecule has 1 saturated heterocycles. The fourth-order valence-electron chi connectivity index (χ4n) is 8.55. The van der Waals surface area contributed by atoms with Crippen molar-refractivity contribution in [3.8, 4) is 11.6 Å². The van der Waals surface area contributed by atoms with E-state index in [0.717, 1.165) is 6.42 Å². The Bertz CT molecular complexity index is 2060. The molecule has 0 spiro atoms. The number of ether oxygens (including phenoxy) is 3. The van der Waals surface area contributed by atoms with Gasteiger partial charge in [0.2, 0.25) is 27.7 Å². The number of carbonyl (C=O) groups is 5. The number of fused-ring (bicyclic) bond motifs is 3. The molecule has 7 atom stereocenters. The third kappa shape index (κ3) is 9.45. The summed E-state index contributed by atoms with van der Waals surface area (Å²) in [5.74, 6) is -3.94. The molecule has 2 aliphatic carbocycles. The first-order valence-electron chi connectivity index (χ1n) is 20.0. The molecule has 4 aliphatic rings. The molecule has 15 heteroatoms. The highest BCUT2D eigenvalue weighted by atomic mass is 32.2. The van der Waals surface area contributed by atoms with Crippen LogP contribution in [0.3, 0.4) is 0 Å². The normalized spacial score (nSPS) is 29.0. The van der Waals surface area contributed by atoms with Gasteiger partial charge in [0.1, 0.15) is 17.5 Å². The second-order valence-corrected chi connectivity index (χ2v) is 19.3. The van der Waals surface area contributed by atoms with Crippen molar-refractivity contribution in [3.63, 3.8) is 0 Å². The largest absolute Gasteiger partial charge is 0.497 e. The van der Waals surface area contributed by atoms with E-state index in [0.29, 0.717) is 48.6 Å². The summed E-state index contributed by atoms with van der Waals surface area (Å²) < 4.78 is 45.6. The Morgan fingerprint density at radius 2 is 1.82 bits per heavy atom. The minimum Gasteiger partial charge on any atom is -0.497 e. The van der Waals surface area contributed by atoms with Gasteiger partial charge in [-0.25, -0.2) is 18.2 Å². The van der Waals surface area contributed by atoms with Gasteiger partial charge in [0.05, 0.1) is 48.3 Å². The lowest BCUT2D eigenvalue weighted by Gasteiger charge is -2.33. The number of methoxy groups -OCH3 is 1. The van der Waals surface area contributed by atoms with Gasteiger partial charge in [0, 0.05) is 29.8 Å². The zero-order valence-corrected chi connectivity index (χ0v) is 34.4. The molecule has 6 rings (SSSR count). The first kappa shape index (κ1) is 42.1. The highest BCUT2D eigenvalue weighted by Crippen LogP contribution is 2.57. The van der Waals surface area contributed by atoms with Gasteiger partial charge in [-0.05, 0) is 95.2 Å². The zero-order chi connectivity index (χ0) is 41.4. The molecule has 1 aromatic heterocycles. The van der Waals surface area contributed by atoms with E-state index in [9.17, 15) is 32.7 Å². The highest BCUT2D eigenvalue weighted by Gasteiger charge is 2.61. The summed E-state index contributed by atoms with van der Waals surface area (Å²) in [6.07, 6.45) is 7.81. The average molecular weight is 810 g/mol. The molecular formula is C42H55N3O11S. The predicted octanol–water partition coefficient (Wildman–Crippen LogP) is 5.61. The summed E-state index contributed by atoms with van der Waals surface area (Å²) in [7, 11) is -2.43. The second kappa shape index (κ2) is 16.4. The quantitative estimate of drug-likeness (QED) is 0.223. The predicted molar refractivity (Wildman–Crippen MR) is 210 cm³/mol. The molecule has 3 fully saturated rings. The fourth-order valence-corrected chi connectivity index (χ4v) is 9.94. The maximum atomic E-state index is 15.0. The van der Waals surface area contributed by atoms with E-state index in [-0.39, 0.29) is 61.4 Å². The van der Waals surface area contributed by atoms with E-state index >= 15 is 4.79 Å². The van der Waals surface area contributed by atoms with Crippen molar-refractivity contribution in [2.75, 3.05) is 13.7 Å². The number of ketones is 1. The van der Waals surface area contributed by atoms with Crippen LogP contribution in [0, 0.1) is 29.1 Å². The van der Waals surface area contributed by atoms with E-state index < -0.39 is 73.9 Å². The van der Waals surface area contributed by atoms with Crippen LogP contribution in [0.25, 0.3) is 10.8 Å². The Morgan fingerprint density at radius 1 is 1.09 bits per heavy atom. The molecule has 0 radical (unpaired) electrons. The van der Waals surface area contributed by atoms with Gasteiger partial charge in [-0.3, -0.25) is 23.9 Å². The molecule has 0 bridgehead atoms. The molecule has 57 heavy (non-hydrogen) atoms.